The van der Waals surface area contributed by atoms with E-state index in [0.29, 0.717) is 17.3 Å². The van der Waals surface area contributed by atoms with Crippen LogP contribution in [-0.2, 0) is 10.0 Å². The molecule has 0 unspecified atom stereocenters. The van der Waals surface area contributed by atoms with Gasteiger partial charge in [-0.1, -0.05) is 11.6 Å². The quantitative estimate of drug-likeness (QED) is 0.577. The molecule has 7 nitrogen and oxygen atoms in total. The van der Waals surface area contributed by atoms with Crippen molar-refractivity contribution in [3.63, 3.8) is 0 Å². The Morgan fingerprint density at radius 2 is 1.71 bits per heavy atom. The molecule has 0 aliphatic rings. The Morgan fingerprint density at radius 1 is 1.12 bits per heavy atom. The first kappa shape index (κ1) is 18.2. The van der Waals surface area contributed by atoms with E-state index in [1.165, 1.54) is 36.4 Å². The highest BCUT2D eigenvalue weighted by molar-refractivity contribution is 7.89. The third-order valence-corrected chi connectivity index (χ3v) is 5.03. The number of nitrogens with one attached hydrogen (secondary N) is 2. The predicted molar refractivity (Wildman–Crippen MR) is 92.8 cm³/mol. The summed E-state index contributed by atoms with van der Waals surface area (Å²) in [5.41, 5.74) is 0.662. The summed E-state index contributed by atoms with van der Waals surface area (Å²) < 4.78 is 27.0. The van der Waals surface area contributed by atoms with Crippen molar-refractivity contribution in [2.75, 3.05) is 11.9 Å². The molecule has 0 fully saturated rings. The maximum absolute atomic E-state index is 12.2. The second-order valence-electron chi connectivity index (χ2n) is 5.16. The number of non-ortho nitro benzene ring substituents is 1. The molecule has 0 aromatic heterocycles. The molecule has 0 bridgehead atoms. The van der Waals surface area contributed by atoms with E-state index < -0.39 is 14.9 Å². The molecule has 0 heterocycles. The van der Waals surface area contributed by atoms with Crippen LogP contribution in [0.15, 0.2) is 53.4 Å². The van der Waals surface area contributed by atoms with Crippen LogP contribution in [0.1, 0.15) is 6.92 Å². The molecule has 2 N–H and O–H groups in total. The second-order valence-corrected chi connectivity index (χ2v) is 7.31. The minimum Gasteiger partial charge on any atom is -0.383 e. The van der Waals surface area contributed by atoms with Crippen molar-refractivity contribution >= 4 is 33.0 Å². The summed E-state index contributed by atoms with van der Waals surface area (Å²) in [6.07, 6.45) is 0. The molecular weight excluding hydrogens is 354 g/mol. The fraction of sp³-hybridized carbons (Fsp3) is 0.200. The number of rotatable bonds is 7. The first-order valence-corrected chi connectivity index (χ1v) is 8.90. The number of nitrogens with zero attached hydrogens (tertiary/aromatic N) is 1. The summed E-state index contributed by atoms with van der Waals surface area (Å²) in [6, 6.07) is 11.4. The number of nitro groups is 1. The largest absolute Gasteiger partial charge is 0.383 e. The summed E-state index contributed by atoms with van der Waals surface area (Å²) in [7, 11) is -3.64. The van der Waals surface area contributed by atoms with Crippen LogP contribution in [0.5, 0.6) is 0 Å². The summed E-state index contributed by atoms with van der Waals surface area (Å²) in [5, 5.41) is 14.1. The van der Waals surface area contributed by atoms with Crippen molar-refractivity contribution in [1.29, 1.82) is 0 Å². The summed E-state index contributed by atoms with van der Waals surface area (Å²) >= 11 is 5.75. The molecule has 0 saturated heterocycles. The summed E-state index contributed by atoms with van der Waals surface area (Å²) in [4.78, 5) is 10.2. The number of hydrogen-bond acceptors (Lipinski definition) is 5. The van der Waals surface area contributed by atoms with Crippen LogP contribution in [0, 0.1) is 10.1 Å². The minimum absolute atomic E-state index is 0.00274. The van der Waals surface area contributed by atoms with Gasteiger partial charge >= 0.3 is 0 Å². The minimum atomic E-state index is -3.64. The summed E-state index contributed by atoms with van der Waals surface area (Å²) in [6.45, 7) is 2.04. The fourth-order valence-electron chi connectivity index (χ4n) is 1.96. The van der Waals surface area contributed by atoms with Crippen molar-refractivity contribution in [3.8, 4) is 0 Å². The fourth-order valence-corrected chi connectivity index (χ4v) is 3.33. The van der Waals surface area contributed by atoms with Gasteiger partial charge in [0.25, 0.3) is 5.69 Å². The second kappa shape index (κ2) is 7.61. The van der Waals surface area contributed by atoms with Gasteiger partial charge in [-0.05, 0) is 43.3 Å². The van der Waals surface area contributed by atoms with E-state index in [-0.39, 0.29) is 16.6 Å². The van der Waals surface area contributed by atoms with E-state index in [4.69, 9.17) is 11.6 Å². The standard InChI is InChI=1S/C15H16ClN3O4S/c1-11(10-17-13-4-6-14(7-5-13)19(20)21)18-24(22,23)15-8-2-12(16)3-9-15/h2-9,11,17-18H,10H2,1H3/t11-/m0/s1. The molecule has 2 aromatic rings. The monoisotopic (exact) mass is 369 g/mol. The number of sulfonamides is 1. The molecule has 9 heteroatoms. The van der Waals surface area contributed by atoms with Crippen LogP contribution in [0.4, 0.5) is 11.4 Å². The van der Waals surface area contributed by atoms with Gasteiger partial charge in [0.15, 0.2) is 0 Å². The van der Waals surface area contributed by atoms with Crippen molar-refractivity contribution in [3.05, 3.63) is 63.7 Å². The van der Waals surface area contributed by atoms with E-state index in [9.17, 15) is 18.5 Å². The molecule has 2 rings (SSSR count). The molecule has 2 aromatic carbocycles. The Bertz CT molecular complexity index is 808. The molecule has 0 radical (unpaired) electrons. The topological polar surface area (TPSA) is 101 Å². The zero-order chi connectivity index (χ0) is 17.7. The van der Waals surface area contributed by atoms with E-state index in [0.717, 1.165) is 0 Å². The van der Waals surface area contributed by atoms with Gasteiger partial charge in [0.1, 0.15) is 0 Å². The lowest BCUT2D eigenvalue weighted by Gasteiger charge is -2.16. The average molecular weight is 370 g/mol. The third kappa shape index (κ3) is 4.92. The lowest BCUT2D eigenvalue weighted by atomic mass is 10.2. The smallest absolute Gasteiger partial charge is 0.269 e. The van der Waals surface area contributed by atoms with Crippen LogP contribution in [0.2, 0.25) is 5.02 Å². The van der Waals surface area contributed by atoms with Crippen LogP contribution >= 0.6 is 11.6 Å². The van der Waals surface area contributed by atoms with Crippen LogP contribution in [0.25, 0.3) is 0 Å². The normalized spacial score (nSPS) is 12.6. The van der Waals surface area contributed by atoms with Gasteiger partial charge in [-0.3, -0.25) is 10.1 Å². The molecule has 0 amide bonds. The number of benzene rings is 2. The Kier molecular flexibility index (Phi) is 5.76. The van der Waals surface area contributed by atoms with Gasteiger partial charge in [-0.15, -0.1) is 0 Å². The van der Waals surface area contributed by atoms with Crippen molar-refractivity contribution in [1.82, 2.24) is 4.72 Å². The van der Waals surface area contributed by atoms with Crippen LogP contribution in [-0.4, -0.2) is 25.9 Å². The maximum Gasteiger partial charge on any atom is 0.269 e. The molecule has 24 heavy (non-hydrogen) atoms. The molecule has 0 saturated carbocycles. The Hall–Kier alpha value is -2.16. The highest BCUT2D eigenvalue weighted by atomic mass is 35.5. The number of anilines is 1. The van der Waals surface area contributed by atoms with Gasteiger partial charge in [0, 0.05) is 35.4 Å². The van der Waals surface area contributed by atoms with Crippen molar-refractivity contribution < 1.29 is 13.3 Å². The number of halogens is 1. The molecular formula is C15H16ClN3O4S. The first-order valence-electron chi connectivity index (χ1n) is 7.04. The van der Waals surface area contributed by atoms with E-state index >= 15 is 0 Å². The number of hydrogen-bond donors (Lipinski definition) is 2. The Morgan fingerprint density at radius 3 is 2.25 bits per heavy atom. The van der Waals surface area contributed by atoms with Crippen molar-refractivity contribution in [2.45, 2.75) is 17.9 Å². The van der Waals surface area contributed by atoms with Gasteiger partial charge in [-0.25, -0.2) is 13.1 Å². The highest BCUT2D eigenvalue weighted by Gasteiger charge is 2.17. The van der Waals surface area contributed by atoms with Gasteiger partial charge < -0.3 is 5.32 Å². The number of nitro benzene ring substituents is 1. The zero-order valence-electron chi connectivity index (χ0n) is 12.8. The van der Waals surface area contributed by atoms with Gasteiger partial charge in [0.2, 0.25) is 10.0 Å². The lowest BCUT2D eigenvalue weighted by molar-refractivity contribution is -0.384. The van der Waals surface area contributed by atoms with E-state index in [1.807, 2.05) is 0 Å². The zero-order valence-corrected chi connectivity index (χ0v) is 14.3. The maximum atomic E-state index is 12.2. The molecule has 0 aliphatic carbocycles. The Balaban J connectivity index is 1.93. The van der Waals surface area contributed by atoms with E-state index in [2.05, 4.69) is 10.0 Å². The average Bonchev–Trinajstić information content (AvgIpc) is 2.53. The van der Waals surface area contributed by atoms with Crippen LogP contribution in [0.3, 0.4) is 0 Å². The van der Waals surface area contributed by atoms with Crippen LogP contribution < -0.4 is 10.0 Å². The summed E-state index contributed by atoms with van der Waals surface area (Å²) in [5.74, 6) is 0. The van der Waals surface area contributed by atoms with Gasteiger partial charge in [0.05, 0.1) is 9.82 Å². The molecule has 0 aliphatic heterocycles. The predicted octanol–water partition coefficient (Wildman–Crippen LogP) is 3.03. The molecule has 0 spiro atoms. The van der Waals surface area contributed by atoms with E-state index in [1.54, 1.807) is 19.1 Å². The lowest BCUT2D eigenvalue weighted by Crippen LogP contribution is -2.37. The first-order chi connectivity index (χ1) is 11.3. The highest BCUT2D eigenvalue weighted by Crippen LogP contribution is 2.16. The third-order valence-electron chi connectivity index (χ3n) is 3.17. The van der Waals surface area contributed by atoms with Crippen molar-refractivity contribution in [2.24, 2.45) is 0 Å². The molecule has 128 valence electrons. The Labute approximate surface area is 144 Å². The SMILES string of the molecule is C[C@@H](CNc1ccc([N+](=O)[O-])cc1)NS(=O)(=O)c1ccc(Cl)cc1. The molecule has 1 atom stereocenters. The van der Waals surface area contributed by atoms with Gasteiger partial charge in [-0.2, -0.15) is 0 Å².